The molecule has 0 unspecified atom stereocenters. The van der Waals surface area contributed by atoms with Gasteiger partial charge in [-0.05, 0) is 44.0 Å². The monoisotopic (exact) mass is 532 g/mol. The van der Waals surface area contributed by atoms with Crippen LogP contribution < -0.4 is 15.4 Å². The molecule has 1 aromatic rings. The van der Waals surface area contributed by atoms with E-state index in [2.05, 4.69) is 10.6 Å². The molecule has 37 heavy (non-hydrogen) atoms. The van der Waals surface area contributed by atoms with Crippen LogP contribution in [-0.4, -0.2) is 61.0 Å². The molecular weight excluding hydrogens is 500 g/mol. The zero-order valence-electron chi connectivity index (χ0n) is 21.5. The van der Waals surface area contributed by atoms with Gasteiger partial charge in [-0.3, -0.25) is 10.1 Å². The maximum absolute atomic E-state index is 12.8. The number of epoxide rings is 1. The summed E-state index contributed by atoms with van der Waals surface area (Å²) in [6.07, 6.45) is 6.56. The van der Waals surface area contributed by atoms with Crippen molar-refractivity contribution in [3.05, 3.63) is 58.7 Å². The Balaban J connectivity index is 1.72. The van der Waals surface area contributed by atoms with Gasteiger partial charge in [-0.25, -0.2) is 4.79 Å². The number of methoxy groups -OCH3 is 2. The summed E-state index contributed by atoms with van der Waals surface area (Å²) < 4.78 is 22.4. The fourth-order valence-corrected chi connectivity index (χ4v) is 5.20. The number of anilines is 1. The van der Waals surface area contributed by atoms with E-state index in [9.17, 15) is 14.7 Å². The fraction of sp³-hybridized carbons (Fsp3) is 0.481. The Bertz CT molecular complexity index is 1170. The minimum atomic E-state index is -1.68. The number of alkyl carbamates (subject to hydrolysis) is 1. The lowest BCUT2D eigenvalue weighted by Gasteiger charge is -2.42. The van der Waals surface area contributed by atoms with E-state index < -0.39 is 29.6 Å². The van der Waals surface area contributed by atoms with Crippen LogP contribution in [-0.2, 0) is 25.4 Å². The van der Waals surface area contributed by atoms with Crippen LogP contribution in [0.1, 0.15) is 32.8 Å². The normalized spacial score (nSPS) is 37.1. The van der Waals surface area contributed by atoms with Crippen molar-refractivity contribution in [1.29, 1.82) is 0 Å². The second kappa shape index (κ2) is 10.5. The summed E-state index contributed by atoms with van der Waals surface area (Å²) in [6, 6.07) is 3.63. The van der Waals surface area contributed by atoms with E-state index in [1.54, 1.807) is 18.2 Å². The molecule has 0 radical (unpaired) electrons. The lowest BCUT2D eigenvalue weighted by Crippen LogP contribution is -2.63. The Morgan fingerprint density at radius 1 is 1.24 bits per heavy atom. The lowest BCUT2D eigenvalue weighted by atomic mass is 9.85. The zero-order valence-corrected chi connectivity index (χ0v) is 22.3. The lowest BCUT2D eigenvalue weighted by molar-refractivity contribution is -0.142. The predicted molar refractivity (Wildman–Crippen MR) is 139 cm³/mol. The minimum absolute atomic E-state index is 0.0930. The number of nitrogens with one attached hydrogen (secondary N) is 2. The molecule has 2 fully saturated rings. The average molecular weight is 533 g/mol. The fourth-order valence-electron chi connectivity index (χ4n) is 4.97. The van der Waals surface area contributed by atoms with Gasteiger partial charge in [-0.1, -0.05) is 42.3 Å². The van der Waals surface area contributed by atoms with Gasteiger partial charge >= 0.3 is 6.09 Å². The van der Waals surface area contributed by atoms with Crippen LogP contribution in [0.2, 0.25) is 5.02 Å². The summed E-state index contributed by atoms with van der Waals surface area (Å²) in [6.45, 7) is 5.69. The average Bonchev–Trinajstić information content (AvgIpc) is 3.52. The summed E-state index contributed by atoms with van der Waals surface area (Å²) in [5, 5.41) is 17.0. The summed E-state index contributed by atoms with van der Waals surface area (Å²) in [4.78, 5) is 25.2. The molecule has 3 heterocycles. The zero-order chi connectivity index (χ0) is 27.0. The predicted octanol–water partition coefficient (Wildman–Crippen LogP) is 3.90. The summed E-state index contributed by atoms with van der Waals surface area (Å²) in [5.74, 6) is -0.192. The van der Waals surface area contributed by atoms with E-state index in [0.29, 0.717) is 22.9 Å². The topological polar surface area (TPSA) is 119 Å². The molecule has 3 aliphatic heterocycles. The number of aliphatic hydroxyl groups is 1. The summed E-state index contributed by atoms with van der Waals surface area (Å²) in [7, 11) is 2.99. The first-order chi connectivity index (χ1) is 17.5. The Labute approximate surface area is 221 Å². The van der Waals surface area contributed by atoms with Crippen molar-refractivity contribution in [3.63, 3.8) is 0 Å². The molecule has 3 N–H and O–H groups in total. The number of halogens is 1. The van der Waals surface area contributed by atoms with Crippen molar-refractivity contribution < 1.29 is 33.6 Å². The van der Waals surface area contributed by atoms with Gasteiger partial charge in [-0.15, -0.1) is 0 Å². The van der Waals surface area contributed by atoms with E-state index in [4.69, 9.17) is 30.5 Å². The second-order valence-corrected chi connectivity index (χ2v) is 10.4. The van der Waals surface area contributed by atoms with Gasteiger partial charge in [0.15, 0.2) is 5.72 Å². The van der Waals surface area contributed by atoms with E-state index in [1.807, 2.05) is 39.0 Å². The number of hydrogen-bond acceptors (Lipinski definition) is 7. The van der Waals surface area contributed by atoms with Gasteiger partial charge < -0.3 is 29.4 Å². The van der Waals surface area contributed by atoms with Crippen LogP contribution in [0.25, 0.3) is 0 Å². The van der Waals surface area contributed by atoms with Gasteiger partial charge in [0.1, 0.15) is 28.6 Å². The number of ether oxygens (including phenoxy) is 4. The highest BCUT2D eigenvalue weighted by Crippen LogP contribution is 2.45. The standard InChI is InChI=1S/C27H33ClN2O7/c1-15-7-6-8-21(35-5)27(33)14-20(36-25(32)30-27)16(2)24-26(3,37-24)10-9-22(31)29-18-12-17(11-15)13-19(34-4)23(18)28/h6-10,12-13,16,20-21,24,33H,11,14H2,1-5H3,(H,29,31)(H,30,32)/b8-6-,10-9-,15-7-/t16-,20+,21-,24+,26+,27+/m1/s1. The van der Waals surface area contributed by atoms with Gasteiger partial charge in [0, 0.05) is 25.5 Å². The number of rotatable bonds is 2. The summed E-state index contributed by atoms with van der Waals surface area (Å²) >= 11 is 6.47. The first kappa shape index (κ1) is 27.2. The maximum atomic E-state index is 12.8. The van der Waals surface area contributed by atoms with Crippen molar-refractivity contribution in [2.45, 2.75) is 63.3 Å². The number of fused-ring (bicyclic) bond motifs is 5. The molecule has 6 atom stereocenters. The molecule has 3 aliphatic rings. The van der Waals surface area contributed by atoms with Gasteiger partial charge in [0.05, 0.1) is 18.9 Å². The third-order valence-corrected chi connectivity index (χ3v) is 7.45. The highest BCUT2D eigenvalue weighted by molar-refractivity contribution is 6.35. The van der Waals surface area contributed by atoms with Crippen LogP contribution in [0.15, 0.2) is 48.1 Å². The van der Waals surface area contributed by atoms with Gasteiger partial charge in [0.25, 0.3) is 0 Å². The minimum Gasteiger partial charge on any atom is -0.495 e. The number of hydrogen-bond donors (Lipinski definition) is 3. The Morgan fingerprint density at radius 2 is 2.00 bits per heavy atom. The number of carbonyl (C=O) groups excluding carboxylic acids is 2. The second-order valence-electron chi connectivity index (χ2n) is 9.99. The van der Waals surface area contributed by atoms with E-state index in [-0.39, 0.29) is 24.3 Å². The van der Waals surface area contributed by atoms with Crippen molar-refractivity contribution >= 4 is 29.3 Å². The van der Waals surface area contributed by atoms with Crippen LogP contribution in [0.3, 0.4) is 0 Å². The van der Waals surface area contributed by atoms with Crippen LogP contribution in [0.5, 0.6) is 5.75 Å². The van der Waals surface area contributed by atoms with Crippen LogP contribution >= 0.6 is 11.6 Å². The van der Waals surface area contributed by atoms with Crippen molar-refractivity contribution in [2.24, 2.45) is 5.92 Å². The highest BCUT2D eigenvalue weighted by atomic mass is 35.5. The Hall–Kier alpha value is -2.85. The van der Waals surface area contributed by atoms with E-state index in [1.165, 1.54) is 20.3 Å². The molecule has 0 saturated carbocycles. The Kier molecular flexibility index (Phi) is 7.71. The van der Waals surface area contributed by atoms with Crippen molar-refractivity contribution in [3.8, 4) is 5.75 Å². The van der Waals surface area contributed by atoms with Crippen molar-refractivity contribution in [2.75, 3.05) is 19.5 Å². The Morgan fingerprint density at radius 3 is 2.70 bits per heavy atom. The first-order valence-corrected chi connectivity index (χ1v) is 12.5. The van der Waals surface area contributed by atoms with Gasteiger partial charge in [0.2, 0.25) is 5.91 Å². The maximum Gasteiger partial charge on any atom is 0.409 e. The number of benzene rings is 1. The van der Waals surface area contributed by atoms with Gasteiger partial charge in [-0.2, -0.15) is 0 Å². The highest BCUT2D eigenvalue weighted by Gasteiger charge is 2.57. The van der Waals surface area contributed by atoms with Crippen LogP contribution in [0, 0.1) is 5.92 Å². The SMILES string of the molecule is COc1cc2cc(c1Cl)NC(=O)/C=C\[C@]1(C)O[C@H]1[C@H](C)[C@@H]1C[C@@](O)(NC(=O)O1)[C@H](OC)/C=C\C=C(\C)C2. The van der Waals surface area contributed by atoms with Crippen molar-refractivity contribution in [1.82, 2.24) is 5.32 Å². The number of allylic oxidation sites excluding steroid dienone is 3. The van der Waals surface area contributed by atoms with E-state index in [0.717, 1.165) is 11.1 Å². The van der Waals surface area contributed by atoms with Crippen LogP contribution in [0.4, 0.5) is 10.5 Å². The molecule has 10 heteroatoms. The number of carbonyl (C=O) groups is 2. The molecule has 200 valence electrons. The quantitative estimate of drug-likeness (QED) is 0.494. The molecule has 0 spiro atoms. The molecule has 4 bridgehead atoms. The molecule has 2 saturated heterocycles. The molecule has 0 aliphatic carbocycles. The van der Waals surface area contributed by atoms with E-state index >= 15 is 0 Å². The molecule has 0 aromatic heterocycles. The smallest absolute Gasteiger partial charge is 0.409 e. The third kappa shape index (κ3) is 5.85. The summed E-state index contributed by atoms with van der Waals surface area (Å²) in [5.41, 5.74) is -0.102. The third-order valence-electron chi connectivity index (χ3n) is 7.06. The number of amides is 2. The molecular formula is C27H33ClN2O7. The largest absolute Gasteiger partial charge is 0.495 e. The molecule has 2 amide bonds. The molecule has 9 nitrogen and oxygen atoms in total. The molecule has 4 rings (SSSR count). The first-order valence-electron chi connectivity index (χ1n) is 12.1. The molecule has 1 aromatic carbocycles.